The van der Waals surface area contributed by atoms with E-state index in [-0.39, 0.29) is 6.03 Å². The summed E-state index contributed by atoms with van der Waals surface area (Å²) in [6.45, 7) is 2.54. The number of amides is 2. The molecule has 2 aromatic rings. The highest BCUT2D eigenvalue weighted by Gasteiger charge is 2.24. The van der Waals surface area contributed by atoms with Crippen molar-refractivity contribution in [2.75, 3.05) is 45.2 Å². The van der Waals surface area contributed by atoms with Crippen LogP contribution in [0.25, 0.3) is 5.52 Å². The van der Waals surface area contributed by atoms with Crippen molar-refractivity contribution in [2.24, 2.45) is 0 Å². The SMILES string of the molecule is CN(C)C(=O)N1CCN(c2cc(S(=O)O)cc3cncn23)CC1. The number of fused-ring (bicyclic) bond motifs is 1. The van der Waals surface area contributed by atoms with Crippen molar-refractivity contribution < 1.29 is 13.6 Å². The van der Waals surface area contributed by atoms with Gasteiger partial charge in [-0.1, -0.05) is 0 Å². The van der Waals surface area contributed by atoms with Gasteiger partial charge in [-0.15, -0.1) is 0 Å². The van der Waals surface area contributed by atoms with E-state index >= 15 is 0 Å². The summed E-state index contributed by atoms with van der Waals surface area (Å²) in [5.74, 6) is 0.814. The predicted octanol–water partition coefficient (Wildman–Crippen LogP) is 0.718. The van der Waals surface area contributed by atoms with E-state index < -0.39 is 11.1 Å². The number of aromatic nitrogens is 2. The molecule has 1 aliphatic heterocycles. The Bertz CT molecular complexity index is 752. The molecule has 1 N–H and O–H groups in total. The monoisotopic (exact) mass is 337 g/mol. The molecule has 1 atom stereocenters. The second kappa shape index (κ2) is 6.17. The molecule has 1 fully saturated rings. The van der Waals surface area contributed by atoms with Crippen LogP contribution in [-0.2, 0) is 11.1 Å². The van der Waals surface area contributed by atoms with Crippen LogP contribution in [0.3, 0.4) is 0 Å². The minimum atomic E-state index is -2.04. The minimum absolute atomic E-state index is 0.00244. The van der Waals surface area contributed by atoms with Crippen LogP contribution in [0, 0.1) is 0 Å². The first-order valence-corrected chi connectivity index (χ1v) is 8.36. The van der Waals surface area contributed by atoms with Gasteiger partial charge >= 0.3 is 6.03 Å². The molecular formula is C14H19N5O3S. The molecule has 1 aliphatic rings. The molecule has 0 radical (unpaired) electrons. The molecule has 0 aromatic carbocycles. The highest BCUT2D eigenvalue weighted by molar-refractivity contribution is 7.79. The van der Waals surface area contributed by atoms with Crippen LogP contribution in [0.15, 0.2) is 29.6 Å². The summed E-state index contributed by atoms with van der Waals surface area (Å²) in [6.07, 6.45) is 3.35. The Morgan fingerprint density at radius 3 is 2.57 bits per heavy atom. The Kier molecular flexibility index (Phi) is 4.22. The van der Waals surface area contributed by atoms with Crippen LogP contribution in [0.1, 0.15) is 0 Å². The Labute approximate surface area is 136 Å². The zero-order chi connectivity index (χ0) is 16.6. The summed E-state index contributed by atoms with van der Waals surface area (Å²) in [6, 6.07) is 3.36. The van der Waals surface area contributed by atoms with Crippen molar-refractivity contribution in [2.45, 2.75) is 4.90 Å². The van der Waals surface area contributed by atoms with Crippen molar-refractivity contribution in [1.82, 2.24) is 19.2 Å². The first kappa shape index (κ1) is 15.8. The van der Waals surface area contributed by atoms with Crippen LogP contribution >= 0.6 is 0 Å². The molecule has 8 nitrogen and oxygen atoms in total. The largest absolute Gasteiger partial charge is 0.354 e. The normalized spacial score (nSPS) is 16.7. The number of carbonyl (C=O) groups is 1. The molecular weight excluding hydrogens is 318 g/mol. The quantitative estimate of drug-likeness (QED) is 0.817. The standard InChI is InChI=1S/C14H19N5O3S/c1-16(2)14(20)18-5-3-17(4-6-18)13-8-12(23(21)22)7-11-9-15-10-19(11)13/h7-10H,3-6H2,1-2H3,(H,21,22). The van der Waals surface area contributed by atoms with Crippen LogP contribution in [-0.4, -0.2) is 74.3 Å². The number of rotatable bonds is 2. The van der Waals surface area contributed by atoms with E-state index in [1.165, 1.54) is 0 Å². The summed E-state index contributed by atoms with van der Waals surface area (Å²) in [7, 11) is 3.48. The Balaban J connectivity index is 1.86. The fraction of sp³-hybridized carbons (Fsp3) is 0.429. The highest BCUT2D eigenvalue weighted by Crippen LogP contribution is 2.23. The van der Waals surface area contributed by atoms with Gasteiger partial charge in [0, 0.05) is 40.3 Å². The molecule has 9 heteroatoms. The van der Waals surface area contributed by atoms with Gasteiger partial charge in [-0.05, 0) is 12.1 Å². The van der Waals surface area contributed by atoms with Gasteiger partial charge < -0.3 is 19.3 Å². The summed E-state index contributed by atoms with van der Waals surface area (Å²) >= 11 is -2.04. The highest BCUT2D eigenvalue weighted by atomic mass is 32.2. The van der Waals surface area contributed by atoms with Crippen molar-refractivity contribution in [3.8, 4) is 0 Å². The third kappa shape index (κ3) is 3.02. The second-order valence-corrected chi connectivity index (χ2v) is 6.61. The second-order valence-electron chi connectivity index (χ2n) is 5.64. The van der Waals surface area contributed by atoms with E-state index in [0.717, 1.165) is 11.3 Å². The number of carbonyl (C=O) groups excluding carboxylic acids is 1. The topological polar surface area (TPSA) is 81.4 Å². The molecule has 1 unspecified atom stereocenters. The van der Waals surface area contributed by atoms with Gasteiger partial charge in [0.05, 0.1) is 16.6 Å². The Morgan fingerprint density at radius 1 is 1.26 bits per heavy atom. The molecule has 2 amide bonds. The molecule has 0 bridgehead atoms. The third-order valence-electron chi connectivity index (χ3n) is 3.93. The van der Waals surface area contributed by atoms with Crippen LogP contribution in [0.2, 0.25) is 0 Å². The molecule has 1 saturated heterocycles. The lowest BCUT2D eigenvalue weighted by Gasteiger charge is -2.37. The maximum absolute atomic E-state index is 12.0. The summed E-state index contributed by atoms with van der Waals surface area (Å²) in [5.41, 5.74) is 0.770. The molecule has 3 rings (SSSR count). The smallest absolute Gasteiger partial charge is 0.319 e. The third-order valence-corrected chi connectivity index (χ3v) is 4.57. The number of urea groups is 1. The average Bonchev–Trinajstić information content (AvgIpc) is 3.01. The van der Waals surface area contributed by atoms with Gasteiger partial charge in [0.1, 0.15) is 12.1 Å². The van der Waals surface area contributed by atoms with Gasteiger partial charge in [0.2, 0.25) is 0 Å². The summed E-state index contributed by atoms with van der Waals surface area (Å²) in [4.78, 5) is 21.9. The lowest BCUT2D eigenvalue weighted by atomic mass is 10.3. The molecule has 124 valence electrons. The molecule has 3 heterocycles. The molecule has 2 aromatic heterocycles. The van der Waals surface area contributed by atoms with E-state index in [4.69, 9.17) is 0 Å². The Morgan fingerprint density at radius 2 is 1.96 bits per heavy atom. The number of hydrogen-bond donors (Lipinski definition) is 1. The van der Waals surface area contributed by atoms with Gasteiger partial charge in [-0.3, -0.25) is 4.40 Å². The van der Waals surface area contributed by atoms with Crippen molar-refractivity contribution >= 4 is 28.4 Å². The first-order chi connectivity index (χ1) is 11.0. The maximum Gasteiger partial charge on any atom is 0.319 e. The van der Waals surface area contributed by atoms with Gasteiger partial charge in [-0.25, -0.2) is 14.0 Å². The lowest BCUT2D eigenvalue weighted by Crippen LogP contribution is -2.51. The van der Waals surface area contributed by atoms with E-state index in [9.17, 15) is 13.6 Å². The van der Waals surface area contributed by atoms with Gasteiger partial charge in [-0.2, -0.15) is 0 Å². The summed E-state index contributed by atoms with van der Waals surface area (Å²) < 4.78 is 22.7. The number of imidazole rings is 1. The minimum Gasteiger partial charge on any atom is -0.354 e. The van der Waals surface area contributed by atoms with Crippen LogP contribution in [0.4, 0.5) is 10.6 Å². The molecule has 23 heavy (non-hydrogen) atoms. The number of piperazine rings is 1. The van der Waals surface area contributed by atoms with E-state index in [0.29, 0.717) is 31.1 Å². The van der Waals surface area contributed by atoms with Crippen LogP contribution in [0.5, 0.6) is 0 Å². The van der Waals surface area contributed by atoms with Crippen molar-refractivity contribution in [3.05, 3.63) is 24.7 Å². The van der Waals surface area contributed by atoms with Gasteiger partial charge in [0.15, 0.2) is 11.1 Å². The number of hydrogen-bond acceptors (Lipinski definition) is 4. The first-order valence-electron chi connectivity index (χ1n) is 7.25. The van der Waals surface area contributed by atoms with E-state index in [2.05, 4.69) is 9.88 Å². The average molecular weight is 337 g/mol. The van der Waals surface area contributed by atoms with Crippen molar-refractivity contribution in [1.29, 1.82) is 0 Å². The van der Waals surface area contributed by atoms with Gasteiger partial charge in [0.25, 0.3) is 0 Å². The number of nitrogens with zero attached hydrogens (tertiary/aromatic N) is 5. The van der Waals surface area contributed by atoms with E-state index in [1.807, 2.05) is 4.40 Å². The molecule has 0 spiro atoms. The zero-order valence-corrected chi connectivity index (χ0v) is 13.9. The molecule has 0 saturated carbocycles. The predicted molar refractivity (Wildman–Crippen MR) is 87.1 cm³/mol. The Hall–Kier alpha value is -2.13. The van der Waals surface area contributed by atoms with Crippen LogP contribution < -0.4 is 4.90 Å². The summed E-state index contributed by atoms with van der Waals surface area (Å²) in [5, 5.41) is 0. The number of pyridine rings is 1. The fourth-order valence-electron chi connectivity index (χ4n) is 2.74. The number of anilines is 1. The lowest BCUT2D eigenvalue weighted by molar-refractivity contribution is 0.168. The molecule has 0 aliphatic carbocycles. The maximum atomic E-state index is 12.0. The fourth-order valence-corrected chi connectivity index (χ4v) is 3.17. The van der Waals surface area contributed by atoms with E-state index in [1.54, 1.807) is 48.6 Å². The zero-order valence-electron chi connectivity index (χ0n) is 13.0. The van der Waals surface area contributed by atoms with Crippen molar-refractivity contribution in [3.63, 3.8) is 0 Å².